The third-order valence-electron chi connectivity index (χ3n) is 13.8. The number of pyridine rings is 1. The van der Waals surface area contributed by atoms with E-state index in [9.17, 15) is 0 Å². The fraction of sp³-hybridized carbons (Fsp3) is 0.179. The summed E-state index contributed by atoms with van der Waals surface area (Å²) < 4.78 is 13.2. The Bertz CT molecular complexity index is 3730. The maximum Gasteiger partial charge on any atom is 0.272 e. The molecular weight excluding hydrogens is 1090 g/mol. The van der Waals surface area contributed by atoms with Crippen LogP contribution in [0.15, 0.2) is 194 Å². The van der Waals surface area contributed by atoms with Gasteiger partial charge in [0.05, 0.1) is 5.69 Å². The SMILES string of the molecule is CC(C)(C)c1cc(-[n+]2[c-]n(-c3[c-]c(Oc4[c-]c5c(c(-c6ccccc6)c4)c4ccccc4n5-c4cc(C(C)(C)C)ccn4)ccc3)c(-c3c(-c4ccccc4)cccc3-c3ccccc3)n2)cc(C(C)(C)C)c1.[Pt]. The second-order valence-electron chi connectivity index (χ2n) is 22.0. The molecule has 74 heavy (non-hydrogen) atoms. The van der Waals surface area contributed by atoms with Gasteiger partial charge in [0.25, 0.3) is 6.33 Å². The molecule has 0 fully saturated rings. The summed E-state index contributed by atoms with van der Waals surface area (Å²) in [5.74, 6) is 2.60. The number of hydrogen-bond acceptors (Lipinski definition) is 3. The Morgan fingerprint density at radius 2 is 1.05 bits per heavy atom. The average molecular weight is 1150 g/mol. The van der Waals surface area contributed by atoms with Crippen molar-refractivity contribution in [3.05, 3.63) is 229 Å². The van der Waals surface area contributed by atoms with Crippen molar-refractivity contribution in [1.82, 2.24) is 19.2 Å². The van der Waals surface area contributed by atoms with Crippen molar-refractivity contribution < 1.29 is 30.5 Å². The fourth-order valence-electron chi connectivity index (χ4n) is 9.74. The fourth-order valence-corrected chi connectivity index (χ4v) is 9.74. The largest absolute Gasteiger partial charge is 0.510 e. The molecule has 11 aromatic rings. The van der Waals surface area contributed by atoms with Crippen LogP contribution in [0, 0.1) is 18.5 Å². The van der Waals surface area contributed by atoms with Crippen LogP contribution in [0.4, 0.5) is 0 Å². The number of ether oxygens (including phenoxy) is 1. The summed E-state index contributed by atoms with van der Waals surface area (Å²) in [6, 6.07) is 73.4. The molecule has 6 nitrogen and oxygen atoms in total. The third-order valence-corrected chi connectivity index (χ3v) is 13.8. The van der Waals surface area contributed by atoms with Gasteiger partial charge in [-0.15, -0.1) is 34.9 Å². The molecule has 0 amide bonds. The van der Waals surface area contributed by atoms with Gasteiger partial charge in [0, 0.05) is 49.8 Å². The van der Waals surface area contributed by atoms with E-state index in [4.69, 9.17) is 14.8 Å². The summed E-state index contributed by atoms with van der Waals surface area (Å²) in [5.41, 5.74) is 14.3. The van der Waals surface area contributed by atoms with Crippen LogP contribution in [-0.4, -0.2) is 19.2 Å². The molecule has 0 saturated heterocycles. The first-order valence-electron chi connectivity index (χ1n) is 25.2. The Morgan fingerprint density at radius 3 is 1.65 bits per heavy atom. The number of aromatic nitrogens is 5. The van der Waals surface area contributed by atoms with Gasteiger partial charge in [0.1, 0.15) is 5.82 Å². The molecule has 0 unspecified atom stereocenters. The molecule has 0 radical (unpaired) electrons. The molecule has 7 heteroatoms. The van der Waals surface area contributed by atoms with Crippen molar-refractivity contribution in [2.45, 2.75) is 78.6 Å². The molecule has 0 spiro atoms. The zero-order valence-electron chi connectivity index (χ0n) is 43.4. The van der Waals surface area contributed by atoms with Gasteiger partial charge in [-0.3, -0.25) is 0 Å². The van der Waals surface area contributed by atoms with Gasteiger partial charge in [0.15, 0.2) is 5.82 Å². The number of para-hydroxylation sites is 1. The summed E-state index contributed by atoms with van der Waals surface area (Å²) in [5, 5.41) is 7.76. The Labute approximate surface area is 450 Å². The van der Waals surface area contributed by atoms with E-state index in [1.165, 1.54) is 16.7 Å². The van der Waals surface area contributed by atoms with E-state index >= 15 is 0 Å². The second-order valence-corrected chi connectivity index (χ2v) is 22.0. The third kappa shape index (κ3) is 9.67. The van der Waals surface area contributed by atoms with Gasteiger partial charge in [0.2, 0.25) is 0 Å². The van der Waals surface area contributed by atoms with Crippen molar-refractivity contribution in [2.75, 3.05) is 0 Å². The first-order chi connectivity index (χ1) is 35.1. The number of nitrogens with zero attached hydrogens (tertiary/aromatic N) is 5. The molecular formula is C67H59N5OPt-2. The normalized spacial score (nSPS) is 12.0. The van der Waals surface area contributed by atoms with E-state index in [0.29, 0.717) is 23.0 Å². The van der Waals surface area contributed by atoms with Crippen molar-refractivity contribution in [1.29, 1.82) is 0 Å². The first-order valence-corrected chi connectivity index (χ1v) is 25.2. The quantitative estimate of drug-likeness (QED) is 0.107. The van der Waals surface area contributed by atoms with Crippen molar-refractivity contribution in [2.24, 2.45) is 0 Å². The molecule has 0 aliphatic carbocycles. The van der Waals surface area contributed by atoms with Crippen molar-refractivity contribution >= 4 is 21.8 Å². The number of benzene rings is 8. The molecule has 0 saturated carbocycles. The second kappa shape index (κ2) is 19.6. The molecule has 0 N–H and O–H groups in total. The van der Waals surface area contributed by atoms with Gasteiger partial charge in [-0.05, 0) is 84.3 Å². The Morgan fingerprint density at radius 1 is 0.500 bits per heavy atom. The van der Waals surface area contributed by atoms with E-state index in [1.54, 1.807) is 0 Å². The van der Waals surface area contributed by atoms with Gasteiger partial charge in [-0.1, -0.05) is 224 Å². The predicted molar refractivity (Wildman–Crippen MR) is 298 cm³/mol. The zero-order chi connectivity index (χ0) is 50.6. The van der Waals surface area contributed by atoms with Gasteiger partial charge >= 0.3 is 0 Å². The Kier molecular flexibility index (Phi) is 13.2. The minimum atomic E-state index is -0.108. The minimum Gasteiger partial charge on any atom is -0.510 e. The summed E-state index contributed by atoms with van der Waals surface area (Å²) >= 11 is 0. The maximum absolute atomic E-state index is 7.01. The Balaban J connectivity index is 0.00000626. The monoisotopic (exact) mass is 1140 g/mol. The van der Waals surface area contributed by atoms with E-state index in [-0.39, 0.29) is 37.3 Å². The first kappa shape index (κ1) is 49.9. The number of fused-ring (bicyclic) bond motifs is 3. The molecule has 0 bridgehead atoms. The van der Waals surface area contributed by atoms with E-state index < -0.39 is 0 Å². The van der Waals surface area contributed by atoms with Crippen LogP contribution in [0.5, 0.6) is 11.5 Å². The zero-order valence-corrected chi connectivity index (χ0v) is 45.7. The number of rotatable bonds is 9. The van der Waals surface area contributed by atoms with Crippen LogP contribution >= 0.6 is 0 Å². The predicted octanol–water partition coefficient (Wildman–Crippen LogP) is 16.4. The van der Waals surface area contributed by atoms with Crippen molar-refractivity contribution in [3.63, 3.8) is 0 Å². The van der Waals surface area contributed by atoms with Crippen LogP contribution < -0.4 is 9.42 Å². The maximum atomic E-state index is 7.01. The molecule has 370 valence electrons. The molecule has 3 aromatic heterocycles. The summed E-state index contributed by atoms with van der Waals surface area (Å²) in [6.07, 6.45) is 5.66. The Hall–Kier alpha value is -7.66. The van der Waals surface area contributed by atoms with E-state index in [1.807, 2.05) is 33.6 Å². The molecule has 0 atom stereocenters. The van der Waals surface area contributed by atoms with Gasteiger partial charge in [-0.2, -0.15) is 16.8 Å². The van der Waals surface area contributed by atoms with Crippen LogP contribution in [0.1, 0.15) is 79.0 Å². The van der Waals surface area contributed by atoms with Crippen molar-refractivity contribution in [3.8, 4) is 73.5 Å². The summed E-state index contributed by atoms with van der Waals surface area (Å²) in [7, 11) is 0. The van der Waals surface area contributed by atoms with E-state index in [0.717, 1.165) is 72.3 Å². The summed E-state index contributed by atoms with van der Waals surface area (Å²) in [6.45, 7) is 20.3. The molecule has 3 heterocycles. The summed E-state index contributed by atoms with van der Waals surface area (Å²) in [4.78, 5) is 4.98. The molecule has 8 aromatic carbocycles. The van der Waals surface area contributed by atoms with Gasteiger partial charge in [-0.25, -0.2) is 4.98 Å². The standard InChI is InChI=1S/C67H59N5O.Pt/c1-65(2,3)48-35-36-68-61(40-48)72-59-34-20-19-31-57(59)62-58(47-27-17-12-18-28-47)42-54(43-60(62)72)73-53-30-21-29-51(41-53)70-44-71(52-38-49(66(4,5)6)37-50(39-52)67(7,8)9)69-64(70)63-55(45-23-13-10-14-24-45)32-22-33-56(63)46-25-15-11-16-26-46;/h10-40,42H,1-9H3;/q-2;. The van der Waals surface area contributed by atoms with Crippen LogP contribution in [0.3, 0.4) is 0 Å². The average Bonchev–Trinajstić information content (AvgIpc) is 3.99. The number of hydrogen-bond donors (Lipinski definition) is 0. The van der Waals surface area contributed by atoms with Gasteiger partial charge < -0.3 is 13.9 Å². The van der Waals surface area contributed by atoms with Crippen LogP contribution in [-0.2, 0) is 37.3 Å². The smallest absolute Gasteiger partial charge is 0.272 e. The molecule has 0 aliphatic heterocycles. The molecule has 11 rings (SSSR count). The minimum absolute atomic E-state index is 0. The van der Waals surface area contributed by atoms with Crippen LogP contribution in [0.2, 0.25) is 0 Å². The topological polar surface area (TPSA) is 48.8 Å². The van der Waals surface area contributed by atoms with E-state index in [2.05, 4.69) is 255 Å². The molecule has 0 aliphatic rings. The van der Waals surface area contributed by atoms with Crippen LogP contribution in [0.25, 0.3) is 83.8 Å².